The van der Waals surface area contributed by atoms with E-state index in [2.05, 4.69) is 20.8 Å². The van der Waals surface area contributed by atoms with Crippen LogP contribution in [-0.4, -0.2) is 49.3 Å². The summed E-state index contributed by atoms with van der Waals surface area (Å²) in [4.78, 5) is 11.6. The maximum absolute atomic E-state index is 11.8. The van der Waals surface area contributed by atoms with Crippen molar-refractivity contribution in [1.29, 1.82) is 0 Å². The Labute approximate surface area is 120 Å². The molecule has 8 nitrogen and oxygen atoms in total. The highest BCUT2D eigenvalue weighted by Crippen LogP contribution is 2.21. The summed E-state index contributed by atoms with van der Waals surface area (Å²) in [6.07, 6.45) is 2.17. The third kappa shape index (κ3) is 3.79. The normalized spacial score (nSPS) is 21.1. The van der Waals surface area contributed by atoms with E-state index >= 15 is 0 Å². The van der Waals surface area contributed by atoms with Crippen LogP contribution in [0.1, 0.15) is 19.3 Å². The van der Waals surface area contributed by atoms with Crippen molar-refractivity contribution in [3.05, 3.63) is 0 Å². The molecule has 112 valence electrons. The van der Waals surface area contributed by atoms with Gasteiger partial charge in [-0.05, 0) is 24.2 Å². The van der Waals surface area contributed by atoms with Gasteiger partial charge in [0.2, 0.25) is 5.13 Å². The lowest BCUT2D eigenvalue weighted by Gasteiger charge is -2.22. The van der Waals surface area contributed by atoms with Gasteiger partial charge in [-0.2, -0.15) is 0 Å². The summed E-state index contributed by atoms with van der Waals surface area (Å²) in [5.74, 6) is 0.203. The molecule has 0 spiro atoms. The Bertz CT molecular complexity index is 572. The minimum absolute atomic E-state index is 0.115. The highest BCUT2D eigenvalue weighted by molar-refractivity contribution is 7.92. The molecule has 0 aliphatic carbocycles. The average Bonchev–Trinajstić information content (AvgIpc) is 2.84. The Morgan fingerprint density at radius 1 is 1.45 bits per heavy atom. The Hall–Kier alpha value is -1.42. The fourth-order valence-corrected chi connectivity index (χ4v) is 4.30. The van der Waals surface area contributed by atoms with Crippen LogP contribution in [0.4, 0.5) is 9.93 Å². The van der Waals surface area contributed by atoms with Crippen LogP contribution in [0.3, 0.4) is 0 Å². The largest absolute Gasteiger partial charge is 0.472 e. The summed E-state index contributed by atoms with van der Waals surface area (Å²) >= 11 is 1.09. The molecule has 1 aromatic rings. The van der Waals surface area contributed by atoms with Crippen LogP contribution in [0.5, 0.6) is 5.19 Å². The van der Waals surface area contributed by atoms with Crippen LogP contribution in [0.15, 0.2) is 0 Å². The van der Waals surface area contributed by atoms with Crippen molar-refractivity contribution in [2.75, 3.05) is 24.7 Å². The smallest absolute Gasteiger partial charge is 0.321 e. The molecule has 1 fully saturated rings. The van der Waals surface area contributed by atoms with Crippen molar-refractivity contribution < 1.29 is 17.9 Å². The minimum atomic E-state index is -3.08. The Morgan fingerprint density at radius 2 is 2.25 bits per heavy atom. The number of urea groups is 1. The molecule has 0 unspecified atom stereocenters. The van der Waals surface area contributed by atoms with Crippen molar-refractivity contribution in [2.24, 2.45) is 0 Å². The van der Waals surface area contributed by atoms with Gasteiger partial charge in [0.1, 0.15) is 0 Å². The second-order valence-electron chi connectivity index (χ2n) is 4.40. The second-order valence-corrected chi connectivity index (χ2v) is 7.74. The zero-order chi connectivity index (χ0) is 14.6. The highest BCUT2D eigenvalue weighted by Gasteiger charge is 2.28. The zero-order valence-electron chi connectivity index (χ0n) is 11.0. The molecule has 2 amide bonds. The number of ether oxygens (including phenoxy) is 1. The maximum Gasteiger partial charge on any atom is 0.321 e. The minimum Gasteiger partial charge on any atom is -0.472 e. The van der Waals surface area contributed by atoms with Gasteiger partial charge >= 0.3 is 6.03 Å². The fraction of sp³-hybridized carbons (Fsp3) is 0.700. The molecule has 0 saturated carbocycles. The lowest BCUT2D eigenvalue weighted by molar-refractivity contribution is 0.252. The monoisotopic (exact) mass is 320 g/mol. The van der Waals surface area contributed by atoms with Gasteiger partial charge in [0.05, 0.1) is 18.1 Å². The van der Waals surface area contributed by atoms with Crippen LogP contribution < -0.4 is 15.4 Å². The number of aromatic nitrogens is 2. The number of amides is 2. The van der Waals surface area contributed by atoms with E-state index in [1.165, 1.54) is 7.11 Å². The number of sulfone groups is 1. The van der Waals surface area contributed by atoms with E-state index in [1.807, 2.05) is 0 Å². The van der Waals surface area contributed by atoms with Gasteiger partial charge in [-0.15, -0.1) is 5.10 Å². The molecule has 1 aliphatic rings. The van der Waals surface area contributed by atoms with Gasteiger partial charge in [0.15, 0.2) is 9.84 Å². The molecule has 2 rings (SSSR count). The summed E-state index contributed by atoms with van der Waals surface area (Å²) in [5, 5.41) is 12.6. The molecule has 1 saturated heterocycles. The van der Waals surface area contributed by atoms with Gasteiger partial charge in [-0.1, -0.05) is 11.5 Å². The fourth-order valence-electron chi connectivity index (χ4n) is 1.94. The number of hydrogen-bond acceptors (Lipinski definition) is 7. The lowest BCUT2D eigenvalue weighted by atomic mass is 10.2. The molecular formula is C10H16N4O4S2. The van der Waals surface area contributed by atoms with Gasteiger partial charge in [0.25, 0.3) is 5.19 Å². The number of methoxy groups -OCH3 is 1. The van der Waals surface area contributed by atoms with Gasteiger partial charge in [-0.3, -0.25) is 5.32 Å². The Morgan fingerprint density at radius 3 is 2.90 bits per heavy atom. The SMILES string of the molecule is COc1nnc(NC(=O)NC[C@H]2CCCCS2(=O)=O)s1. The third-order valence-corrected chi connectivity index (χ3v) is 6.08. The topological polar surface area (TPSA) is 110 Å². The summed E-state index contributed by atoms with van der Waals surface area (Å²) in [6, 6.07) is -0.496. The molecule has 2 heterocycles. The van der Waals surface area contributed by atoms with Crippen molar-refractivity contribution in [3.63, 3.8) is 0 Å². The molecule has 1 aromatic heterocycles. The summed E-state index contributed by atoms with van der Waals surface area (Å²) in [5.41, 5.74) is 0. The van der Waals surface area contributed by atoms with Crippen LogP contribution in [0.2, 0.25) is 0 Å². The van der Waals surface area contributed by atoms with E-state index in [9.17, 15) is 13.2 Å². The van der Waals surface area contributed by atoms with Crippen LogP contribution in [-0.2, 0) is 9.84 Å². The van der Waals surface area contributed by atoms with Crippen LogP contribution in [0, 0.1) is 0 Å². The number of carbonyl (C=O) groups is 1. The van der Waals surface area contributed by atoms with Crippen molar-refractivity contribution in [3.8, 4) is 5.19 Å². The number of nitrogens with one attached hydrogen (secondary N) is 2. The summed E-state index contributed by atoms with van der Waals surface area (Å²) in [6.45, 7) is 0.115. The Balaban J connectivity index is 1.83. The number of nitrogens with zero attached hydrogens (tertiary/aromatic N) is 2. The second kappa shape index (κ2) is 6.35. The zero-order valence-corrected chi connectivity index (χ0v) is 12.6. The number of rotatable bonds is 4. The van der Waals surface area contributed by atoms with Crippen molar-refractivity contribution in [2.45, 2.75) is 24.5 Å². The summed E-state index contributed by atoms with van der Waals surface area (Å²) < 4.78 is 28.4. The van der Waals surface area contributed by atoms with Gasteiger partial charge in [-0.25, -0.2) is 13.2 Å². The predicted molar refractivity (Wildman–Crippen MR) is 74.9 cm³/mol. The molecule has 0 bridgehead atoms. The predicted octanol–water partition coefficient (Wildman–Crippen LogP) is 0.635. The van der Waals surface area contributed by atoms with E-state index in [0.717, 1.165) is 17.8 Å². The van der Waals surface area contributed by atoms with E-state index in [1.54, 1.807) is 0 Å². The van der Waals surface area contributed by atoms with E-state index in [0.29, 0.717) is 23.2 Å². The molecular weight excluding hydrogens is 304 g/mol. The van der Waals surface area contributed by atoms with E-state index in [4.69, 9.17) is 4.74 Å². The van der Waals surface area contributed by atoms with Crippen molar-refractivity contribution >= 4 is 32.3 Å². The highest BCUT2D eigenvalue weighted by atomic mass is 32.2. The van der Waals surface area contributed by atoms with Gasteiger partial charge < -0.3 is 10.1 Å². The first-order valence-electron chi connectivity index (χ1n) is 6.15. The molecule has 1 atom stereocenters. The summed E-state index contributed by atoms with van der Waals surface area (Å²) in [7, 11) is -1.62. The number of carbonyl (C=O) groups excluding carboxylic acids is 1. The molecule has 0 radical (unpaired) electrons. The maximum atomic E-state index is 11.8. The van der Waals surface area contributed by atoms with Crippen molar-refractivity contribution in [1.82, 2.24) is 15.5 Å². The number of hydrogen-bond donors (Lipinski definition) is 2. The van der Waals surface area contributed by atoms with Gasteiger partial charge in [0, 0.05) is 6.54 Å². The van der Waals surface area contributed by atoms with Crippen LogP contribution in [0.25, 0.3) is 0 Å². The van der Waals surface area contributed by atoms with E-state index < -0.39 is 21.1 Å². The first kappa shape index (κ1) is 15.0. The quantitative estimate of drug-likeness (QED) is 0.842. The van der Waals surface area contributed by atoms with E-state index in [-0.39, 0.29) is 12.3 Å². The first-order valence-corrected chi connectivity index (χ1v) is 8.68. The Kier molecular flexibility index (Phi) is 4.76. The standard InChI is InChI=1S/C10H16N4O4S2/c1-18-10-14-13-9(19-10)12-8(15)11-6-7-4-2-3-5-20(7,16)17/h7H,2-6H2,1H3,(H2,11,12,13,15)/t7-/m1/s1. The third-order valence-electron chi connectivity index (χ3n) is 3.00. The molecule has 10 heteroatoms. The van der Waals surface area contributed by atoms with Crippen LogP contribution >= 0.6 is 11.3 Å². The molecule has 0 aromatic carbocycles. The number of anilines is 1. The molecule has 1 aliphatic heterocycles. The first-order chi connectivity index (χ1) is 9.51. The molecule has 20 heavy (non-hydrogen) atoms. The molecule has 2 N–H and O–H groups in total. The average molecular weight is 320 g/mol. The lowest BCUT2D eigenvalue weighted by Crippen LogP contribution is -2.41.